The number of hydrogen-bond acceptors (Lipinski definition) is 6. The summed E-state index contributed by atoms with van der Waals surface area (Å²) in [5.74, 6) is 1.13. The van der Waals surface area contributed by atoms with Crippen molar-refractivity contribution in [2.45, 2.75) is 44.6 Å². The number of aromatic nitrogens is 5. The molecule has 0 unspecified atom stereocenters. The molecule has 3 aromatic heterocycles. The largest absolute Gasteiger partial charge is 0.354 e. The summed E-state index contributed by atoms with van der Waals surface area (Å²) in [6.45, 7) is 2.00. The summed E-state index contributed by atoms with van der Waals surface area (Å²) in [6.07, 6.45) is 12.5. The van der Waals surface area contributed by atoms with Gasteiger partial charge in [0, 0.05) is 18.0 Å². The summed E-state index contributed by atoms with van der Waals surface area (Å²) in [7, 11) is 0. The van der Waals surface area contributed by atoms with Gasteiger partial charge in [0.05, 0.1) is 11.4 Å². The highest BCUT2D eigenvalue weighted by Gasteiger charge is 2.27. The molecule has 24 heavy (non-hydrogen) atoms. The number of hydrogen-bond donors (Lipinski definition) is 0. The van der Waals surface area contributed by atoms with Crippen LogP contribution in [-0.4, -0.2) is 37.8 Å². The van der Waals surface area contributed by atoms with Gasteiger partial charge in [0.2, 0.25) is 0 Å². The Kier molecular flexibility index (Phi) is 3.47. The molecule has 1 aliphatic heterocycles. The van der Waals surface area contributed by atoms with Gasteiger partial charge in [-0.1, -0.05) is 0 Å². The summed E-state index contributed by atoms with van der Waals surface area (Å²) >= 11 is 1.87. The van der Waals surface area contributed by atoms with E-state index in [4.69, 9.17) is 4.98 Å². The fourth-order valence-corrected chi connectivity index (χ4v) is 5.31. The highest BCUT2D eigenvalue weighted by Crippen LogP contribution is 2.40. The summed E-state index contributed by atoms with van der Waals surface area (Å²) in [6, 6.07) is 0.376. The van der Waals surface area contributed by atoms with E-state index in [1.54, 1.807) is 12.7 Å². The molecule has 1 aliphatic carbocycles. The number of aryl methyl sites for hydroxylation is 2. The van der Waals surface area contributed by atoms with Crippen LogP contribution in [0.15, 0.2) is 19.0 Å². The molecule has 0 N–H and O–H groups in total. The topological polar surface area (TPSA) is 59.7 Å². The molecule has 0 spiro atoms. The van der Waals surface area contributed by atoms with E-state index in [1.807, 2.05) is 22.3 Å². The van der Waals surface area contributed by atoms with E-state index in [1.165, 1.54) is 41.5 Å². The first kappa shape index (κ1) is 14.3. The fraction of sp³-hybridized carbons (Fsp3) is 0.529. The Hall–Kier alpha value is -2.02. The third kappa shape index (κ3) is 2.30. The van der Waals surface area contributed by atoms with Crippen LogP contribution in [0.1, 0.15) is 42.2 Å². The van der Waals surface area contributed by atoms with Crippen LogP contribution in [0, 0.1) is 0 Å². The predicted molar refractivity (Wildman–Crippen MR) is 94.6 cm³/mol. The number of thiophene rings is 1. The van der Waals surface area contributed by atoms with Gasteiger partial charge in [0.15, 0.2) is 0 Å². The lowest BCUT2D eigenvalue weighted by Crippen LogP contribution is -2.37. The Bertz CT molecular complexity index is 855. The van der Waals surface area contributed by atoms with E-state index in [9.17, 15) is 0 Å². The van der Waals surface area contributed by atoms with Crippen LogP contribution in [0.5, 0.6) is 0 Å². The van der Waals surface area contributed by atoms with Crippen LogP contribution in [0.3, 0.4) is 0 Å². The second kappa shape index (κ2) is 5.81. The molecule has 0 saturated carbocycles. The van der Waals surface area contributed by atoms with Gasteiger partial charge in [-0.2, -0.15) is 5.10 Å². The minimum atomic E-state index is 0.376. The second-order valence-electron chi connectivity index (χ2n) is 6.71. The van der Waals surface area contributed by atoms with E-state index in [-0.39, 0.29) is 0 Å². The molecule has 1 saturated heterocycles. The molecule has 5 rings (SSSR count). The van der Waals surface area contributed by atoms with Crippen molar-refractivity contribution in [1.29, 1.82) is 0 Å². The van der Waals surface area contributed by atoms with Gasteiger partial charge < -0.3 is 4.90 Å². The number of nitrogens with zero attached hydrogens (tertiary/aromatic N) is 6. The number of fused-ring (bicyclic) bond motifs is 3. The number of rotatable bonds is 2. The van der Waals surface area contributed by atoms with Crippen molar-refractivity contribution in [3.63, 3.8) is 0 Å². The lowest BCUT2D eigenvalue weighted by Gasteiger charge is -2.33. The molecule has 2 aliphatic rings. The average molecular weight is 340 g/mol. The summed E-state index contributed by atoms with van der Waals surface area (Å²) in [5, 5.41) is 5.65. The number of anilines is 1. The molecule has 124 valence electrons. The minimum absolute atomic E-state index is 0.376. The Morgan fingerprint density at radius 2 is 2.04 bits per heavy atom. The van der Waals surface area contributed by atoms with E-state index >= 15 is 0 Å². The normalized spacial score (nSPS) is 21.2. The molecule has 4 heterocycles. The Balaban J connectivity index is 1.55. The summed E-state index contributed by atoms with van der Waals surface area (Å²) in [4.78, 5) is 18.5. The maximum Gasteiger partial charge on any atom is 0.141 e. The first-order valence-corrected chi connectivity index (χ1v) is 9.56. The number of piperidine rings is 1. The van der Waals surface area contributed by atoms with Gasteiger partial charge in [0.25, 0.3) is 0 Å². The smallest absolute Gasteiger partial charge is 0.141 e. The maximum atomic E-state index is 4.70. The van der Waals surface area contributed by atoms with Crippen LogP contribution in [-0.2, 0) is 12.8 Å². The van der Waals surface area contributed by atoms with E-state index < -0.39 is 0 Å². The van der Waals surface area contributed by atoms with Crippen molar-refractivity contribution < 1.29 is 0 Å². The van der Waals surface area contributed by atoms with E-state index in [0.29, 0.717) is 6.04 Å². The highest BCUT2D eigenvalue weighted by molar-refractivity contribution is 7.19. The van der Waals surface area contributed by atoms with Crippen molar-refractivity contribution in [3.05, 3.63) is 29.4 Å². The van der Waals surface area contributed by atoms with Crippen LogP contribution in [0.2, 0.25) is 0 Å². The molecule has 6 nitrogen and oxygen atoms in total. The van der Waals surface area contributed by atoms with Crippen molar-refractivity contribution in [1.82, 2.24) is 24.7 Å². The lowest BCUT2D eigenvalue weighted by molar-refractivity contribution is 0.374. The van der Waals surface area contributed by atoms with E-state index in [0.717, 1.165) is 36.6 Å². The van der Waals surface area contributed by atoms with Crippen LogP contribution in [0.4, 0.5) is 5.82 Å². The van der Waals surface area contributed by atoms with Gasteiger partial charge >= 0.3 is 0 Å². The molecule has 0 aromatic carbocycles. The second-order valence-corrected chi connectivity index (χ2v) is 7.79. The van der Waals surface area contributed by atoms with E-state index in [2.05, 4.69) is 20.0 Å². The zero-order chi connectivity index (χ0) is 15.9. The Morgan fingerprint density at radius 1 is 1.08 bits per heavy atom. The highest BCUT2D eigenvalue weighted by atomic mass is 32.1. The van der Waals surface area contributed by atoms with Gasteiger partial charge in [-0.3, -0.25) is 0 Å². The van der Waals surface area contributed by atoms with Crippen molar-refractivity contribution in [2.75, 3.05) is 18.0 Å². The van der Waals surface area contributed by atoms with Gasteiger partial charge in [-0.15, -0.1) is 11.3 Å². The summed E-state index contributed by atoms with van der Waals surface area (Å²) in [5.41, 5.74) is 1.51. The molecular formula is C17H20N6S. The SMILES string of the molecule is c1nc(N2CCC[C@@H](n3cncn3)C2)c2c3c(sc2n1)CCCC3. The average Bonchev–Trinajstić information content (AvgIpc) is 3.29. The van der Waals surface area contributed by atoms with Crippen molar-refractivity contribution in [2.24, 2.45) is 0 Å². The van der Waals surface area contributed by atoms with Crippen LogP contribution in [0.25, 0.3) is 10.2 Å². The lowest BCUT2D eigenvalue weighted by atomic mass is 9.96. The third-order valence-electron chi connectivity index (χ3n) is 5.24. The van der Waals surface area contributed by atoms with Crippen molar-refractivity contribution in [3.8, 4) is 0 Å². The third-order valence-corrected chi connectivity index (χ3v) is 6.44. The predicted octanol–water partition coefficient (Wildman–Crippen LogP) is 3.00. The Morgan fingerprint density at radius 3 is 2.96 bits per heavy atom. The maximum absolute atomic E-state index is 4.70. The van der Waals surface area contributed by atoms with Crippen molar-refractivity contribution >= 4 is 27.4 Å². The molecule has 3 aromatic rings. The molecule has 1 fully saturated rings. The van der Waals surface area contributed by atoms with Crippen LogP contribution >= 0.6 is 11.3 Å². The molecule has 0 bridgehead atoms. The zero-order valence-electron chi connectivity index (χ0n) is 13.6. The quantitative estimate of drug-likeness (QED) is 0.718. The van der Waals surface area contributed by atoms with Crippen LogP contribution < -0.4 is 4.90 Å². The minimum Gasteiger partial charge on any atom is -0.354 e. The molecule has 1 atom stereocenters. The van der Waals surface area contributed by atoms with Gasteiger partial charge in [-0.05, 0) is 44.1 Å². The monoisotopic (exact) mass is 340 g/mol. The molecular weight excluding hydrogens is 320 g/mol. The first-order valence-electron chi connectivity index (χ1n) is 8.74. The van der Waals surface area contributed by atoms with Gasteiger partial charge in [0.1, 0.15) is 29.6 Å². The Labute approximate surface area is 144 Å². The molecule has 0 amide bonds. The standard InChI is InChI=1S/C17H20N6S/c1-2-6-14-13(5-1)15-16(19-10-20-17(15)24-14)22-7-3-4-12(8-22)23-11-18-9-21-23/h9-12H,1-8H2/t12-/m1/s1. The summed E-state index contributed by atoms with van der Waals surface area (Å²) < 4.78 is 1.99. The van der Waals surface area contributed by atoms with Gasteiger partial charge in [-0.25, -0.2) is 19.6 Å². The molecule has 0 radical (unpaired) electrons. The zero-order valence-corrected chi connectivity index (χ0v) is 14.4. The fourth-order valence-electron chi connectivity index (χ4n) is 4.08. The molecule has 7 heteroatoms. The first-order chi connectivity index (χ1) is 11.9.